The fourth-order valence-corrected chi connectivity index (χ4v) is 5.16. The molecule has 0 N–H and O–H groups in total. The van der Waals surface area contributed by atoms with Gasteiger partial charge in [-0.05, 0) is 42.7 Å². The van der Waals surface area contributed by atoms with Gasteiger partial charge in [0.1, 0.15) is 0 Å². The van der Waals surface area contributed by atoms with E-state index < -0.39 is 0 Å². The number of nitrogens with zero attached hydrogens (tertiary/aromatic N) is 2. The van der Waals surface area contributed by atoms with Gasteiger partial charge in [-0.2, -0.15) is 0 Å². The van der Waals surface area contributed by atoms with Crippen molar-refractivity contribution >= 4 is 11.8 Å². The maximum absolute atomic E-state index is 13.1. The number of carbonyl (C=O) groups excluding carboxylic acids is 2. The number of hydrogen-bond acceptors (Lipinski definition) is 2. The molecule has 0 radical (unpaired) electrons. The predicted molar refractivity (Wildman–Crippen MR) is 102 cm³/mol. The average molecular weight is 354 g/mol. The Balaban J connectivity index is 1.39. The molecule has 0 unspecified atom stereocenters. The van der Waals surface area contributed by atoms with Gasteiger partial charge < -0.3 is 9.80 Å². The van der Waals surface area contributed by atoms with Crippen LogP contribution in [0.2, 0.25) is 0 Å². The number of piperidine rings is 1. The summed E-state index contributed by atoms with van der Waals surface area (Å²) >= 11 is 0. The molecule has 26 heavy (non-hydrogen) atoms. The minimum atomic E-state index is 0.0444. The summed E-state index contributed by atoms with van der Waals surface area (Å²) in [6, 6.07) is 8.39. The van der Waals surface area contributed by atoms with Crippen LogP contribution in [0.15, 0.2) is 24.3 Å². The van der Waals surface area contributed by atoms with Crippen molar-refractivity contribution < 1.29 is 9.59 Å². The molecule has 140 valence electrons. The summed E-state index contributed by atoms with van der Waals surface area (Å²) < 4.78 is 0. The van der Waals surface area contributed by atoms with E-state index in [4.69, 9.17) is 0 Å². The van der Waals surface area contributed by atoms with Crippen LogP contribution in [-0.4, -0.2) is 47.8 Å². The molecule has 1 aromatic carbocycles. The van der Waals surface area contributed by atoms with Crippen molar-refractivity contribution in [2.24, 2.45) is 11.3 Å². The first-order valence-corrected chi connectivity index (χ1v) is 10.1. The van der Waals surface area contributed by atoms with E-state index in [2.05, 4.69) is 41.8 Å². The van der Waals surface area contributed by atoms with Crippen molar-refractivity contribution in [3.63, 3.8) is 0 Å². The van der Waals surface area contributed by atoms with Crippen LogP contribution in [0.1, 0.15) is 56.6 Å². The summed E-state index contributed by atoms with van der Waals surface area (Å²) in [5.41, 5.74) is 2.68. The number of likely N-dealkylation sites (tertiary alicyclic amines) is 2. The Labute approximate surface area is 156 Å². The van der Waals surface area contributed by atoms with Crippen LogP contribution in [0.25, 0.3) is 0 Å². The van der Waals surface area contributed by atoms with Gasteiger partial charge in [0.2, 0.25) is 11.8 Å². The van der Waals surface area contributed by atoms with Crippen molar-refractivity contribution in [2.45, 2.75) is 51.9 Å². The number of fused-ring (bicyclic) bond motifs is 1. The highest BCUT2D eigenvalue weighted by Gasteiger charge is 2.46. The lowest BCUT2D eigenvalue weighted by Crippen LogP contribution is -2.45. The second kappa shape index (κ2) is 6.71. The molecule has 0 bridgehead atoms. The smallest absolute Gasteiger partial charge is 0.230 e. The molecule has 1 aliphatic carbocycles. The molecule has 2 saturated heterocycles. The van der Waals surface area contributed by atoms with Crippen LogP contribution in [0, 0.1) is 11.3 Å². The number of amides is 2. The summed E-state index contributed by atoms with van der Waals surface area (Å²) in [6.45, 7) is 7.69. The van der Waals surface area contributed by atoms with Crippen molar-refractivity contribution in [1.29, 1.82) is 0 Å². The summed E-state index contributed by atoms with van der Waals surface area (Å²) in [6.07, 6.45) is 4.57. The Kier molecular flexibility index (Phi) is 4.54. The second-order valence-electron chi connectivity index (χ2n) is 8.96. The lowest BCUT2D eigenvalue weighted by atomic mass is 9.77. The van der Waals surface area contributed by atoms with Crippen molar-refractivity contribution in [3.8, 4) is 0 Å². The first-order chi connectivity index (χ1) is 12.5. The van der Waals surface area contributed by atoms with Crippen LogP contribution in [-0.2, 0) is 16.0 Å². The van der Waals surface area contributed by atoms with Crippen LogP contribution >= 0.6 is 0 Å². The third-order valence-electron chi connectivity index (χ3n) is 6.56. The predicted octanol–water partition coefficient (Wildman–Crippen LogP) is 3.21. The highest BCUT2D eigenvalue weighted by atomic mass is 16.2. The third kappa shape index (κ3) is 3.15. The van der Waals surface area contributed by atoms with Gasteiger partial charge in [-0.25, -0.2) is 0 Å². The van der Waals surface area contributed by atoms with Crippen molar-refractivity contribution in [2.75, 3.05) is 26.2 Å². The lowest BCUT2D eigenvalue weighted by Gasteiger charge is -2.39. The molecule has 1 atom stereocenters. The van der Waals surface area contributed by atoms with Gasteiger partial charge in [-0.15, -0.1) is 0 Å². The zero-order chi connectivity index (χ0) is 18.3. The maximum Gasteiger partial charge on any atom is 0.230 e. The van der Waals surface area contributed by atoms with E-state index in [0.29, 0.717) is 24.2 Å². The van der Waals surface area contributed by atoms with Gasteiger partial charge in [0.25, 0.3) is 0 Å². The number of rotatable bonds is 3. The van der Waals surface area contributed by atoms with Crippen molar-refractivity contribution in [1.82, 2.24) is 9.80 Å². The Morgan fingerprint density at radius 2 is 1.96 bits per heavy atom. The van der Waals surface area contributed by atoms with Crippen LogP contribution < -0.4 is 0 Å². The van der Waals surface area contributed by atoms with Gasteiger partial charge in [-0.1, -0.05) is 38.1 Å². The molecule has 4 heteroatoms. The molecular formula is C22H30N2O2. The molecule has 2 amide bonds. The van der Waals surface area contributed by atoms with E-state index in [1.165, 1.54) is 11.1 Å². The molecule has 2 heterocycles. The Morgan fingerprint density at radius 1 is 1.23 bits per heavy atom. The normalized spacial score (nSPS) is 24.6. The minimum absolute atomic E-state index is 0.0444. The zero-order valence-electron chi connectivity index (χ0n) is 16.0. The molecule has 3 aliphatic rings. The van der Waals surface area contributed by atoms with E-state index in [0.717, 1.165) is 51.9 Å². The average Bonchev–Trinajstić information content (AvgIpc) is 3.16. The molecule has 0 aromatic heterocycles. The zero-order valence-corrected chi connectivity index (χ0v) is 16.0. The van der Waals surface area contributed by atoms with Crippen molar-refractivity contribution in [3.05, 3.63) is 35.4 Å². The van der Waals surface area contributed by atoms with E-state index in [-0.39, 0.29) is 11.3 Å². The van der Waals surface area contributed by atoms with Gasteiger partial charge >= 0.3 is 0 Å². The molecular weight excluding hydrogens is 324 g/mol. The highest BCUT2D eigenvalue weighted by Crippen LogP contribution is 2.42. The standard InChI is InChI=1S/C22H30N2O2/c1-16(2)14-24-15-22(13-20(24)25)9-11-23(12-10-22)21(26)19-8-7-17-5-3-4-6-18(17)19/h3-6,16,19H,7-15H2,1-2H3/t19-/m0/s1. The number of aryl methyl sites for hydroxylation is 1. The minimum Gasteiger partial charge on any atom is -0.342 e. The van der Waals surface area contributed by atoms with Crippen LogP contribution in [0.4, 0.5) is 0 Å². The van der Waals surface area contributed by atoms with Gasteiger partial charge in [-0.3, -0.25) is 9.59 Å². The van der Waals surface area contributed by atoms with Gasteiger partial charge in [0.15, 0.2) is 0 Å². The van der Waals surface area contributed by atoms with E-state index in [1.807, 2.05) is 6.07 Å². The van der Waals surface area contributed by atoms with E-state index in [9.17, 15) is 9.59 Å². The van der Waals surface area contributed by atoms with Gasteiger partial charge in [0.05, 0.1) is 5.92 Å². The summed E-state index contributed by atoms with van der Waals surface area (Å²) in [7, 11) is 0. The molecule has 1 aromatic rings. The largest absolute Gasteiger partial charge is 0.342 e. The third-order valence-corrected chi connectivity index (χ3v) is 6.56. The summed E-state index contributed by atoms with van der Waals surface area (Å²) in [5, 5.41) is 0. The van der Waals surface area contributed by atoms with E-state index in [1.54, 1.807) is 0 Å². The fraction of sp³-hybridized carbons (Fsp3) is 0.636. The molecule has 2 aliphatic heterocycles. The van der Waals surface area contributed by atoms with Gasteiger partial charge in [0, 0.05) is 38.0 Å². The number of carbonyl (C=O) groups is 2. The number of hydrogen-bond donors (Lipinski definition) is 0. The number of benzene rings is 1. The highest BCUT2D eigenvalue weighted by molar-refractivity contribution is 5.85. The second-order valence-corrected chi connectivity index (χ2v) is 8.96. The molecule has 0 saturated carbocycles. The topological polar surface area (TPSA) is 40.6 Å². The fourth-order valence-electron chi connectivity index (χ4n) is 5.16. The quantitative estimate of drug-likeness (QED) is 0.836. The maximum atomic E-state index is 13.1. The summed E-state index contributed by atoms with van der Waals surface area (Å²) in [4.78, 5) is 29.6. The first kappa shape index (κ1) is 17.6. The molecule has 1 spiro atoms. The Hall–Kier alpha value is -1.84. The van der Waals surface area contributed by atoms with Crippen LogP contribution in [0.5, 0.6) is 0 Å². The Bertz CT molecular complexity index is 704. The Morgan fingerprint density at radius 3 is 2.69 bits per heavy atom. The van der Waals surface area contributed by atoms with E-state index >= 15 is 0 Å². The first-order valence-electron chi connectivity index (χ1n) is 10.1. The molecule has 4 nitrogen and oxygen atoms in total. The molecule has 4 rings (SSSR count). The molecule has 2 fully saturated rings. The SMILES string of the molecule is CC(C)CN1CC2(CCN(C(=O)[C@H]3CCc4ccccc43)CC2)CC1=O. The summed E-state index contributed by atoms with van der Waals surface area (Å²) in [5.74, 6) is 1.16. The van der Waals surface area contributed by atoms with Crippen LogP contribution in [0.3, 0.4) is 0 Å². The lowest BCUT2D eigenvalue weighted by molar-refractivity contribution is -0.135. The monoisotopic (exact) mass is 354 g/mol.